The van der Waals surface area contributed by atoms with Crippen LogP contribution in [-0.4, -0.2) is 66.5 Å². The zero-order valence-electron chi connectivity index (χ0n) is 15.5. The molecule has 142 valence electrons. The third kappa shape index (κ3) is 4.22. The fourth-order valence-electron chi connectivity index (χ4n) is 3.23. The van der Waals surface area contributed by atoms with Gasteiger partial charge in [0.05, 0.1) is 12.5 Å². The molecule has 0 bridgehead atoms. The van der Waals surface area contributed by atoms with Crippen molar-refractivity contribution in [2.45, 2.75) is 25.4 Å². The van der Waals surface area contributed by atoms with Crippen molar-refractivity contribution in [1.29, 1.82) is 0 Å². The highest BCUT2D eigenvalue weighted by molar-refractivity contribution is 5.90. The summed E-state index contributed by atoms with van der Waals surface area (Å²) in [5.41, 5.74) is -0.488. The lowest BCUT2D eigenvalue weighted by Crippen LogP contribution is -2.50. The second-order valence-corrected chi connectivity index (χ2v) is 6.78. The molecule has 0 saturated carbocycles. The Morgan fingerprint density at radius 3 is 2.54 bits per heavy atom. The maximum Gasteiger partial charge on any atom is 0.308 e. The van der Waals surface area contributed by atoms with E-state index in [0.29, 0.717) is 24.9 Å². The zero-order chi connectivity index (χ0) is 19.3. The average molecular weight is 362 g/mol. The summed E-state index contributed by atoms with van der Waals surface area (Å²) in [6, 6.07) is 9.11. The summed E-state index contributed by atoms with van der Waals surface area (Å²) in [4.78, 5) is 39.5. The monoisotopic (exact) mass is 362 g/mol. The van der Waals surface area contributed by atoms with E-state index in [2.05, 4.69) is 0 Å². The van der Waals surface area contributed by atoms with Gasteiger partial charge >= 0.3 is 5.97 Å². The summed E-state index contributed by atoms with van der Waals surface area (Å²) < 4.78 is 5.49. The SMILES string of the molecule is COC(C)(C(=O)N(C)CC(=O)N1CCCC(C(=O)O)C1)c1ccccc1. The van der Waals surface area contributed by atoms with Crippen LogP contribution < -0.4 is 0 Å². The lowest BCUT2D eigenvalue weighted by Gasteiger charge is -2.34. The Morgan fingerprint density at radius 2 is 1.96 bits per heavy atom. The molecule has 7 heteroatoms. The smallest absolute Gasteiger partial charge is 0.308 e. The second-order valence-electron chi connectivity index (χ2n) is 6.78. The highest BCUT2D eigenvalue weighted by Crippen LogP contribution is 2.27. The maximum absolute atomic E-state index is 12.9. The van der Waals surface area contributed by atoms with Gasteiger partial charge in [0.2, 0.25) is 5.91 Å². The molecule has 2 unspecified atom stereocenters. The summed E-state index contributed by atoms with van der Waals surface area (Å²) in [6.07, 6.45) is 1.23. The molecule has 1 aliphatic heterocycles. The highest BCUT2D eigenvalue weighted by atomic mass is 16.5. The molecule has 1 fully saturated rings. The van der Waals surface area contributed by atoms with Gasteiger partial charge in [0.15, 0.2) is 5.60 Å². The number of likely N-dealkylation sites (tertiary alicyclic amines) is 1. The topological polar surface area (TPSA) is 87.2 Å². The first-order chi connectivity index (χ1) is 12.3. The minimum absolute atomic E-state index is 0.114. The maximum atomic E-state index is 12.9. The molecule has 1 aromatic rings. The van der Waals surface area contributed by atoms with Crippen molar-refractivity contribution in [1.82, 2.24) is 9.80 Å². The van der Waals surface area contributed by atoms with Crippen molar-refractivity contribution in [3.8, 4) is 0 Å². The molecule has 0 radical (unpaired) electrons. The number of benzene rings is 1. The van der Waals surface area contributed by atoms with Gasteiger partial charge in [-0.25, -0.2) is 0 Å². The Hall–Kier alpha value is -2.41. The lowest BCUT2D eigenvalue weighted by atomic mass is 9.94. The molecule has 1 aromatic carbocycles. The zero-order valence-corrected chi connectivity index (χ0v) is 15.5. The number of likely N-dealkylation sites (N-methyl/N-ethyl adjacent to an activating group) is 1. The van der Waals surface area contributed by atoms with Crippen LogP contribution in [0.2, 0.25) is 0 Å². The first-order valence-corrected chi connectivity index (χ1v) is 8.66. The quantitative estimate of drug-likeness (QED) is 0.825. The molecule has 1 saturated heterocycles. The van der Waals surface area contributed by atoms with E-state index in [1.54, 1.807) is 26.1 Å². The molecule has 1 aliphatic rings. The number of carbonyl (C=O) groups excluding carboxylic acids is 2. The third-order valence-electron chi connectivity index (χ3n) is 4.98. The van der Waals surface area contributed by atoms with Crippen molar-refractivity contribution >= 4 is 17.8 Å². The molecule has 1 heterocycles. The number of amides is 2. The highest BCUT2D eigenvalue weighted by Gasteiger charge is 2.38. The predicted molar refractivity (Wildman–Crippen MR) is 95.4 cm³/mol. The van der Waals surface area contributed by atoms with Crippen LogP contribution in [0.3, 0.4) is 0 Å². The van der Waals surface area contributed by atoms with Gasteiger partial charge in [-0.15, -0.1) is 0 Å². The second kappa shape index (κ2) is 8.31. The van der Waals surface area contributed by atoms with Crippen molar-refractivity contribution in [2.75, 3.05) is 33.8 Å². The van der Waals surface area contributed by atoms with Crippen LogP contribution in [0.15, 0.2) is 30.3 Å². The van der Waals surface area contributed by atoms with Gasteiger partial charge in [-0.05, 0) is 25.3 Å². The van der Waals surface area contributed by atoms with E-state index >= 15 is 0 Å². The van der Waals surface area contributed by atoms with Gasteiger partial charge in [-0.1, -0.05) is 30.3 Å². The summed E-state index contributed by atoms with van der Waals surface area (Å²) in [7, 11) is 3.02. The first-order valence-electron chi connectivity index (χ1n) is 8.66. The fraction of sp³-hybridized carbons (Fsp3) is 0.526. The van der Waals surface area contributed by atoms with Gasteiger partial charge < -0.3 is 19.6 Å². The molecule has 26 heavy (non-hydrogen) atoms. The average Bonchev–Trinajstić information content (AvgIpc) is 2.67. The Labute approximate surface area is 153 Å². The summed E-state index contributed by atoms with van der Waals surface area (Å²) >= 11 is 0. The number of hydrogen-bond acceptors (Lipinski definition) is 4. The van der Waals surface area contributed by atoms with Crippen LogP contribution in [0.4, 0.5) is 0 Å². The largest absolute Gasteiger partial charge is 0.481 e. The van der Waals surface area contributed by atoms with E-state index in [1.807, 2.05) is 18.2 Å². The van der Waals surface area contributed by atoms with Gasteiger partial charge in [0, 0.05) is 27.2 Å². The Bertz CT molecular complexity index is 663. The van der Waals surface area contributed by atoms with Crippen molar-refractivity contribution < 1.29 is 24.2 Å². The van der Waals surface area contributed by atoms with Crippen molar-refractivity contribution in [2.24, 2.45) is 5.92 Å². The van der Waals surface area contributed by atoms with Crippen LogP contribution >= 0.6 is 0 Å². The summed E-state index contributed by atoms with van der Waals surface area (Å²) in [6.45, 7) is 2.27. The number of rotatable bonds is 6. The number of nitrogens with zero attached hydrogens (tertiary/aromatic N) is 2. The van der Waals surface area contributed by atoms with Crippen LogP contribution in [0.1, 0.15) is 25.3 Å². The van der Waals surface area contributed by atoms with Gasteiger partial charge in [0.1, 0.15) is 0 Å². The van der Waals surface area contributed by atoms with E-state index in [0.717, 1.165) is 0 Å². The number of carboxylic acid groups (broad SMARTS) is 1. The van der Waals surface area contributed by atoms with Crippen molar-refractivity contribution in [3.63, 3.8) is 0 Å². The van der Waals surface area contributed by atoms with Gasteiger partial charge in [-0.2, -0.15) is 0 Å². The van der Waals surface area contributed by atoms with Crippen LogP contribution in [0, 0.1) is 5.92 Å². The summed E-state index contributed by atoms with van der Waals surface area (Å²) in [5, 5.41) is 9.15. The number of hydrogen-bond donors (Lipinski definition) is 1. The van der Waals surface area contributed by atoms with Crippen LogP contribution in [0.5, 0.6) is 0 Å². The molecule has 2 rings (SSSR count). The molecular weight excluding hydrogens is 336 g/mol. The van der Waals surface area contributed by atoms with Crippen molar-refractivity contribution in [3.05, 3.63) is 35.9 Å². The predicted octanol–water partition coefficient (Wildman–Crippen LogP) is 1.33. The molecular formula is C19H26N2O5. The lowest BCUT2D eigenvalue weighted by molar-refractivity contribution is -0.156. The van der Waals surface area contributed by atoms with Crippen LogP contribution in [0.25, 0.3) is 0 Å². The minimum Gasteiger partial charge on any atom is -0.481 e. The molecule has 2 amide bonds. The standard InChI is InChI=1S/C19H26N2O5/c1-19(26-3,15-9-5-4-6-10-15)18(25)20(2)13-16(22)21-11-7-8-14(12-21)17(23)24/h4-6,9-10,14H,7-8,11-13H2,1-3H3,(H,23,24). The van der Waals surface area contributed by atoms with E-state index in [1.165, 1.54) is 16.9 Å². The fourth-order valence-corrected chi connectivity index (χ4v) is 3.23. The van der Waals surface area contributed by atoms with E-state index in [4.69, 9.17) is 9.84 Å². The normalized spacial score (nSPS) is 19.5. The number of carboxylic acids is 1. The number of aliphatic carboxylic acids is 1. The van der Waals surface area contributed by atoms with Crippen LogP contribution in [-0.2, 0) is 24.7 Å². The number of ether oxygens (including phenoxy) is 1. The molecule has 0 aliphatic carbocycles. The number of piperidine rings is 1. The minimum atomic E-state index is -1.19. The Balaban J connectivity index is 2.06. The third-order valence-corrected chi connectivity index (χ3v) is 4.98. The molecule has 0 spiro atoms. The number of carbonyl (C=O) groups is 3. The molecule has 1 N–H and O–H groups in total. The molecule has 7 nitrogen and oxygen atoms in total. The number of methoxy groups -OCH3 is 1. The molecule has 2 atom stereocenters. The van der Waals surface area contributed by atoms with E-state index in [-0.39, 0.29) is 24.9 Å². The van der Waals surface area contributed by atoms with E-state index < -0.39 is 17.5 Å². The first kappa shape index (κ1) is 19.9. The molecule has 0 aromatic heterocycles. The Morgan fingerprint density at radius 1 is 1.31 bits per heavy atom. The van der Waals surface area contributed by atoms with E-state index in [9.17, 15) is 14.4 Å². The van der Waals surface area contributed by atoms with Gasteiger partial charge in [-0.3, -0.25) is 14.4 Å². The Kier molecular flexibility index (Phi) is 6.37. The van der Waals surface area contributed by atoms with Gasteiger partial charge in [0.25, 0.3) is 5.91 Å². The summed E-state index contributed by atoms with van der Waals surface area (Å²) in [5.74, 6) is -2.00.